The molecule has 0 bridgehead atoms. The molecule has 5 heteroatoms. The quantitative estimate of drug-likeness (QED) is 0.388. The molecule has 0 aliphatic carbocycles. The third kappa shape index (κ3) is 9.33. The van der Waals surface area contributed by atoms with Crippen LogP contribution in [0.15, 0.2) is 4.99 Å². The van der Waals surface area contributed by atoms with E-state index in [0.29, 0.717) is 19.0 Å². The Hall–Kier alpha value is -1.26. The van der Waals surface area contributed by atoms with Crippen LogP contribution in [0.2, 0.25) is 0 Å². The standard InChI is InChI=1S/C14H30N4O/c1-11(2)7-8-17-13(15-6)18-10-9-16-12(19)14(3,4)5/h11H,7-10H2,1-6H3,(H,16,19)(H2,15,17,18). The molecular formula is C14H30N4O. The van der Waals surface area contributed by atoms with Gasteiger partial charge in [0, 0.05) is 32.1 Å². The van der Waals surface area contributed by atoms with Gasteiger partial charge in [-0.2, -0.15) is 0 Å². The van der Waals surface area contributed by atoms with Crippen molar-refractivity contribution in [3.8, 4) is 0 Å². The molecule has 0 aromatic carbocycles. The van der Waals surface area contributed by atoms with Gasteiger partial charge in [0.1, 0.15) is 0 Å². The minimum absolute atomic E-state index is 0.0667. The van der Waals surface area contributed by atoms with Crippen LogP contribution in [0.25, 0.3) is 0 Å². The van der Waals surface area contributed by atoms with E-state index in [1.165, 1.54) is 0 Å². The van der Waals surface area contributed by atoms with Crippen LogP contribution in [-0.2, 0) is 4.79 Å². The molecule has 0 aliphatic heterocycles. The number of hydrogen-bond acceptors (Lipinski definition) is 2. The van der Waals surface area contributed by atoms with E-state index in [1.54, 1.807) is 7.05 Å². The molecule has 3 N–H and O–H groups in total. The molecule has 0 aromatic heterocycles. The van der Waals surface area contributed by atoms with Crippen LogP contribution in [0.3, 0.4) is 0 Å². The lowest BCUT2D eigenvalue weighted by molar-refractivity contribution is -0.128. The molecule has 0 saturated carbocycles. The Labute approximate surface area is 117 Å². The topological polar surface area (TPSA) is 65.5 Å². The van der Waals surface area contributed by atoms with Crippen molar-refractivity contribution in [3.05, 3.63) is 0 Å². The highest BCUT2D eigenvalue weighted by Gasteiger charge is 2.20. The Bertz CT molecular complexity index is 292. The summed E-state index contributed by atoms with van der Waals surface area (Å²) in [6.07, 6.45) is 1.11. The lowest BCUT2D eigenvalue weighted by Gasteiger charge is -2.18. The van der Waals surface area contributed by atoms with Gasteiger partial charge in [0.15, 0.2) is 5.96 Å². The first-order valence-corrected chi connectivity index (χ1v) is 7.00. The van der Waals surface area contributed by atoms with E-state index in [0.717, 1.165) is 18.9 Å². The van der Waals surface area contributed by atoms with E-state index < -0.39 is 0 Å². The summed E-state index contributed by atoms with van der Waals surface area (Å²) in [5.74, 6) is 1.53. The lowest BCUT2D eigenvalue weighted by atomic mass is 9.96. The van der Waals surface area contributed by atoms with Crippen molar-refractivity contribution in [1.29, 1.82) is 0 Å². The largest absolute Gasteiger partial charge is 0.356 e. The molecule has 0 unspecified atom stereocenters. The molecule has 5 nitrogen and oxygen atoms in total. The Morgan fingerprint density at radius 1 is 1.05 bits per heavy atom. The highest BCUT2D eigenvalue weighted by molar-refractivity contribution is 5.81. The summed E-state index contributed by atoms with van der Waals surface area (Å²) in [7, 11) is 1.75. The van der Waals surface area contributed by atoms with Crippen molar-refractivity contribution >= 4 is 11.9 Å². The van der Waals surface area contributed by atoms with Gasteiger partial charge < -0.3 is 16.0 Å². The maximum atomic E-state index is 11.6. The van der Waals surface area contributed by atoms with Crippen LogP contribution in [0.5, 0.6) is 0 Å². The normalized spacial score (nSPS) is 12.5. The summed E-state index contributed by atoms with van der Waals surface area (Å²) < 4.78 is 0. The zero-order chi connectivity index (χ0) is 14.9. The van der Waals surface area contributed by atoms with Crippen molar-refractivity contribution in [3.63, 3.8) is 0 Å². The molecule has 0 fully saturated rings. The van der Waals surface area contributed by atoms with E-state index in [2.05, 4.69) is 34.8 Å². The average molecular weight is 270 g/mol. The summed E-state index contributed by atoms with van der Waals surface area (Å²) in [5, 5.41) is 9.31. The van der Waals surface area contributed by atoms with E-state index in [1.807, 2.05) is 20.8 Å². The van der Waals surface area contributed by atoms with Crippen LogP contribution >= 0.6 is 0 Å². The molecule has 0 aromatic rings. The summed E-state index contributed by atoms with van der Waals surface area (Å²) in [4.78, 5) is 15.8. The van der Waals surface area contributed by atoms with Gasteiger partial charge in [-0.25, -0.2) is 0 Å². The van der Waals surface area contributed by atoms with Crippen molar-refractivity contribution in [2.45, 2.75) is 41.0 Å². The SMILES string of the molecule is CN=C(NCCNC(=O)C(C)(C)C)NCCC(C)C. The van der Waals surface area contributed by atoms with Crippen molar-refractivity contribution < 1.29 is 4.79 Å². The van der Waals surface area contributed by atoms with E-state index in [9.17, 15) is 4.79 Å². The van der Waals surface area contributed by atoms with E-state index >= 15 is 0 Å². The van der Waals surface area contributed by atoms with Gasteiger partial charge in [0.25, 0.3) is 0 Å². The molecule has 0 rings (SSSR count). The van der Waals surface area contributed by atoms with Gasteiger partial charge >= 0.3 is 0 Å². The minimum atomic E-state index is -0.336. The third-order valence-electron chi connectivity index (χ3n) is 2.62. The summed E-state index contributed by atoms with van der Waals surface area (Å²) in [6.45, 7) is 12.3. The fourth-order valence-electron chi connectivity index (χ4n) is 1.32. The van der Waals surface area contributed by atoms with Gasteiger partial charge in [0.2, 0.25) is 5.91 Å². The van der Waals surface area contributed by atoms with Crippen molar-refractivity contribution in [2.75, 3.05) is 26.7 Å². The highest BCUT2D eigenvalue weighted by Crippen LogP contribution is 2.11. The number of nitrogens with one attached hydrogen (secondary N) is 3. The molecule has 19 heavy (non-hydrogen) atoms. The van der Waals surface area contributed by atoms with Crippen LogP contribution in [0.1, 0.15) is 41.0 Å². The molecule has 0 atom stereocenters. The monoisotopic (exact) mass is 270 g/mol. The Morgan fingerprint density at radius 3 is 2.05 bits per heavy atom. The van der Waals surface area contributed by atoms with Gasteiger partial charge in [-0.3, -0.25) is 9.79 Å². The third-order valence-corrected chi connectivity index (χ3v) is 2.62. The number of nitrogens with zero attached hydrogens (tertiary/aromatic N) is 1. The number of hydrogen-bond donors (Lipinski definition) is 3. The zero-order valence-corrected chi connectivity index (χ0v) is 13.3. The van der Waals surface area contributed by atoms with Crippen LogP contribution in [-0.4, -0.2) is 38.5 Å². The van der Waals surface area contributed by atoms with E-state index in [-0.39, 0.29) is 11.3 Å². The first kappa shape index (κ1) is 17.7. The Morgan fingerprint density at radius 2 is 1.58 bits per heavy atom. The predicted molar refractivity (Wildman–Crippen MR) is 81.3 cm³/mol. The number of aliphatic imine (C=N–C) groups is 1. The molecule has 112 valence electrons. The number of carbonyl (C=O) groups excluding carboxylic acids is 1. The number of carbonyl (C=O) groups is 1. The molecule has 0 heterocycles. The highest BCUT2D eigenvalue weighted by atomic mass is 16.2. The van der Waals surface area contributed by atoms with Crippen molar-refractivity contribution in [1.82, 2.24) is 16.0 Å². The Balaban J connectivity index is 3.77. The number of amides is 1. The number of rotatable bonds is 6. The van der Waals surface area contributed by atoms with Gasteiger partial charge in [-0.05, 0) is 12.3 Å². The van der Waals surface area contributed by atoms with Gasteiger partial charge in [-0.15, -0.1) is 0 Å². The fraction of sp³-hybridized carbons (Fsp3) is 0.857. The van der Waals surface area contributed by atoms with Crippen LogP contribution < -0.4 is 16.0 Å². The second-order valence-electron chi connectivity index (χ2n) is 6.11. The van der Waals surface area contributed by atoms with Crippen molar-refractivity contribution in [2.24, 2.45) is 16.3 Å². The van der Waals surface area contributed by atoms with Crippen LogP contribution in [0, 0.1) is 11.3 Å². The molecule has 0 spiro atoms. The van der Waals surface area contributed by atoms with Gasteiger partial charge in [0.05, 0.1) is 0 Å². The predicted octanol–water partition coefficient (Wildman–Crippen LogP) is 1.36. The van der Waals surface area contributed by atoms with Crippen LogP contribution in [0.4, 0.5) is 0 Å². The maximum absolute atomic E-state index is 11.6. The molecule has 0 radical (unpaired) electrons. The average Bonchev–Trinajstić information content (AvgIpc) is 2.30. The maximum Gasteiger partial charge on any atom is 0.225 e. The first-order valence-electron chi connectivity index (χ1n) is 7.00. The molecule has 1 amide bonds. The molecule has 0 saturated heterocycles. The molecular weight excluding hydrogens is 240 g/mol. The smallest absolute Gasteiger partial charge is 0.225 e. The van der Waals surface area contributed by atoms with Gasteiger partial charge in [-0.1, -0.05) is 34.6 Å². The minimum Gasteiger partial charge on any atom is -0.356 e. The molecule has 0 aliphatic rings. The second kappa shape index (κ2) is 8.77. The first-order chi connectivity index (χ1) is 8.77. The summed E-state index contributed by atoms with van der Waals surface area (Å²) >= 11 is 0. The fourth-order valence-corrected chi connectivity index (χ4v) is 1.32. The lowest BCUT2D eigenvalue weighted by Crippen LogP contribution is -2.43. The van der Waals surface area contributed by atoms with E-state index in [4.69, 9.17) is 0 Å². The number of guanidine groups is 1. The summed E-state index contributed by atoms with van der Waals surface area (Å²) in [6, 6.07) is 0. The summed E-state index contributed by atoms with van der Waals surface area (Å²) in [5.41, 5.74) is -0.336. The zero-order valence-electron chi connectivity index (χ0n) is 13.3. The second-order valence-corrected chi connectivity index (χ2v) is 6.11. The Kier molecular flexibility index (Phi) is 8.19.